The van der Waals surface area contributed by atoms with E-state index in [0.717, 1.165) is 5.56 Å². The Morgan fingerprint density at radius 1 is 1.18 bits per heavy atom. The highest BCUT2D eigenvalue weighted by Gasteiger charge is 2.27. The van der Waals surface area contributed by atoms with Crippen LogP contribution in [0.5, 0.6) is 0 Å². The predicted octanol–water partition coefficient (Wildman–Crippen LogP) is -0.319. The van der Waals surface area contributed by atoms with Crippen LogP contribution in [0.4, 0.5) is 0 Å². The molecule has 0 bridgehead atoms. The number of carbonyl (C=O) groups excluding carboxylic acids is 1. The maximum Gasteiger partial charge on any atom is 0.248 e. The number of amides is 1. The molecule has 0 radical (unpaired) electrons. The number of hydrogen-bond acceptors (Lipinski definition) is 5. The second-order valence-electron chi connectivity index (χ2n) is 5.41. The third kappa shape index (κ3) is 4.04. The summed E-state index contributed by atoms with van der Waals surface area (Å²) in [6.07, 6.45) is 0.683. The Bertz CT molecular complexity index is 615. The number of carbonyl (C=O) groups is 1. The van der Waals surface area contributed by atoms with Gasteiger partial charge in [-0.3, -0.25) is 15.1 Å². The molecule has 7 nitrogen and oxygen atoms in total. The number of rotatable bonds is 4. The lowest BCUT2D eigenvalue weighted by Gasteiger charge is -2.21. The van der Waals surface area contributed by atoms with Crippen molar-refractivity contribution in [2.45, 2.75) is 18.2 Å². The summed E-state index contributed by atoms with van der Waals surface area (Å²) in [4.78, 5) is 13.5. The standard InChI is InChI=1S/C14H22N4O3S/c1-12-3-5-13(6-4-12)22(20,21)18-8-2-7-17(9-10-18)11-14(19)16-15/h3-6H,2,7-11,15H2,1H3,(H,16,19). The summed E-state index contributed by atoms with van der Waals surface area (Å²) in [7, 11) is -3.48. The Hall–Kier alpha value is -1.48. The number of hydrazine groups is 1. The monoisotopic (exact) mass is 326 g/mol. The fourth-order valence-electron chi connectivity index (χ4n) is 2.45. The molecule has 0 saturated carbocycles. The highest BCUT2D eigenvalue weighted by molar-refractivity contribution is 7.89. The molecule has 1 fully saturated rings. The van der Waals surface area contributed by atoms with Crippen LogP contribution in [0.2, 0.25) is 0 Å². The normalized spacial score (nSPS) is 17.9. The molecule has 8 heteroatoms. The van der Waals surface area contributed by atoms with E-state index in [1.165, 1.54) is 4.31 Å². The SMILES string of the molecule is Cc1ccc(S(=O)(=O)N2CCCN(CC(=O)NN)CC2)cc1. The summed E-state index contributed by atoms with van der Waals surface area (Å²) in [5.74, 6) is 4.81. The summed E-state index contributed by atoms with van der Waals surface area (Å²) < 4.78 is 26.8. The van der Waals surface area contributed by atoms with Crippen molar-refractivity contribution >= 4 is 15.9 Å². The van der Waals surface area contributed by atoms with Gasteiger partial charge in [0.05, 0.1) is 11.4 Å². The van der Waals surface area contributed by atoms with E-state index in [9.17, 15) is 13.2 Å². The van der Waals surface area contributed by atoms with Gasteiger partial charge in [0.2, 0.25) is 15.9 Å². The summed E-state index contributed by atoms with van der Waals surface area (Å²) >= 11 is 0. The quantitative estimate of drug-likeness (QED) is 0.449. The highest BCUT2D eigenvalue weighted by Crippen LogP contribution is 2.18. The van der Waals surface area contributed by atoms with E-state index in [0.29, 0.717) is 37.5 Å². The van der Waals surface area contributed by atoms with Crippen LogP contribution >= 0.6 is 0 Å². The number of nitrogens with two attached hydrogens (primary N) is 1. The molecule has 22 heavy (non-hydrogen) atoms. The Kier molecular flexibility index (Phi) is 5.52. The molecule has 3 N–H and O–H groups in total. The van der Waals surface area contributed by atoms with Gasteiger partial charge in [-0.2, -0.15) is 4.31 Å². The van der Waals surface area contributed by atoms with Crippen LogP contribution in [0.3, 0.4) is 0 Å². The molecule has 1 aromatic rings. The van der Waals surface area contributed by atoms with E-state index in [-0.39, 0.29) is 12.5 Å². The predicted molar refractivity (Wildman–Crippen MR) is 83.3 cm³/mol. The summed E-state index contributed by atoms with van der Waals surface area (Å²) in [5, 5.41) is 0. The maximum absolute atomic E-state index is 12.6. The second kappa shape index (κ2) is 7.19. The van der Waals surface area contributed by atoms with Gasteiger partial charge in [0, 0.05) is 19.6 Å². The van der Waals surface area contributed by atoms with Crippen molar-refractivity contribution in [3.8, 4) is 0 Å². The number of aryl methyl sites for hydroxylation is 1. The zero-order valence-electron chi connectivity index (χ0n) is 12.7. The van der Waals surface area contributed by atoms with Gasteiger partial charge in [0.25, 0.3) is 0 Å². The average Bonchev–Trinajstić information content (AvgIpc) is 2.73. The third-order valence-electron chi connectivity index (χ3n) is 3.73. The number of nitrogens with one attached hydrogen (secondary N) is 1. The van der Waals surface area contributed by atoms with Gasteiger partial charge in [0.1, 0.15) is 0 Å². The van der Waals surface area contributed by atoms with Crippen molar-refractivity contribution < 1.29 is 13.2 Å². The van der Waals surface area contributed by atoms with Crippen molar-refractivity contribution in [3.63, 3.8) is 0 Å². The number of benzene rings is 1. The van der Waals surface area contributed by atoms with Gasteiger partial charge in [-0.25, -0.2) is 14.3 Å². The lowest BCUT2D eigenvalue weighted by atomic mass is 10.2. The minimum absolute atomic E-state index is 0.189. The molecule has 0 atom stereocenters. The molecule has 0 unspecified atom stereocenters. The molecule has 122 valence electrons. The van der Waals surface area contributed by atoms with Crippen LogP contribution in [-0.2, 0) is 14.8 Å². The number of nitrogens with zero attached hydrogens (tertiary/aromatic N) is 2. The Balaban J connectivity index is 2.06. The van der Waals surface area contributed by atoms with Gasteiger partial charge in [-0.05, 0) is 32.0 Å². The average molecular weight is 326 g/mol. The topological polar surface area (TPSA) is 95.7 Å². The number of hydrogen-bond donors (Lipinski definition) is 2. The first-order valence-corrected chi connectivity index (χ1v) is 8.66. The number of sulfonamides is 1. The van der Waals surface area contributed by atoms with Crippen LogP contribution < -0.4 is 11.3 Å². The molecule has 1 aliphatic rings. The van der Waals surface area contributed by atoms with E-state index in [1.54, 1.807) is 24.3 Å². The molecule has 0 aliphatic carbocycles. The Labute approximate surface area is 131 Å². The Morgan fingerprint density at radius 3 is 2.50 bits per heavy atom. The van der Waals surface area contributed by atoms with Gasteiger partial charge in [-0.15, -0.1) is 0 Å². The van der Waals surface area contributed by atoms with Crippen molar-refractivity contribution in [1.82, 2.24) is 14.6 Å². The smallest absolute Gasteiger partial charge is 0.248 e. The van der Waals surface area contributed by atoms with Crippen LogP contribution in [-0.4, -0.2) is 56.3 Å². The van der Waals surface area contributed by atoms with Crippen LogP contribution in [0.1, 0.15) is 12.0 Å². The molecule has 1 saturated heterocycles. The zero-order valence-corrected chi connectivity index (χ0v) is 13.5. The van der Waals surface area contributed by atoms with E-state index < -0.39 is 10.0 Å². The third-order valence-corrected chi connectivity index (χ3v) is 5.65. The van der Waals surface area contributed by atoms with Gasteiger partial charge in [-0.1, -0.05) is 17.7 Å². The molecule has 0 aromatic heterocycles. The van der Waals surface area contributed by atoms with Crippen molar-refractivity contribution in [2.24, 2.45) is 5.84 Å². The summed E-state index contributed by atoms with van der Waals surface area (Å²) in [6.45, 7) is 4.12. The maximum atomic E-state index is 12.6. The first-order valence-electron chi connectivity index (χ1n) is 7.22. The lowest BCUT2D eigenvalue weighted by molar-refractivity contribution is -0.122. The highest BCUT2D eigenvalue weighted by atomic mass is 32.2. The van der Waals surface area contributed by atoms with Gasteiger partial charge < -0.3 is 0 Å². The molecule has 1 amide bonds. The van der Waals surface area contributed by atoms with E-state index in [2.05, 4.69) is 5.43 Å². The molecule has 0 spiro atoms. The first-order chi connectivity index (χ1) is 10.4. The molecule has 1 heterocycles. The van der Waals surface area contributed by atoms with E-state index >= 15 is 0 Å². The van der Waals surface area contributed by atoms with Crippen LogP contribution in [0.15, 0.2) is 29.2 Å². The zero-order chi connectivity index (χ0) is 16.2. The van der Waals surface area contributed by atoms with Crippen LogP contribution in [0.25, 0.3) is 0 Å². The largest absolute Gasteiger partial charge is 0.293 e. The van der Waals surface area contributed by atoms with Crippen molar-refractivity contribution in [2.75, 3.05) is 32.7 Å². The fraction of sp³-hybridized carbons (Fsp3) is 0.500. The van der Waals surface area contributed by atoms with E-state index in [1.807, 2.05) is 11.8 Å². The van der Waals surface area contributed by atoms with Crippen molar-refractivity contribution in [3.05, 3.63) is 29.8 Å². The lowest BCUT2D eigenvalue weighted by Crippen LogP contribution is -2.42. The van der Waals surface area contributed by atoms with Gasteiger partial charge >= 0.3 is 0 Å². The molecule has 2 rings (SSSR count). The Morgan fingerprint density at radius 2 is 1.86 bits per heavy atom. The summed E-state index contributed by atoms with van der Waals surface area (Å²) in [5.41, 5.74) is 3.11. The fourth-order valence-corrected chi connectivity index (χ4v) is 3.92. The second-order valence-corrected chi connectivity index (χ2v) is 7.35. The van der Waals surface area contributed by atoms with Crippen LogP contribution in [0, 0.1) is 6.92 Å². The first kappa shape index (κ1) is 16.9. The van der Waals surface area contributed by atoms with E-state index in [4.69, 9.17) is 5.84 Å². The molecular formula is C14H22N4O3S. The minimum Gasteiger partial charge on any atom is -0.293 e. The minimum atomic E-state index is -3.48. The van der Waals surface area contributed by atoms with Gasteiger partial charge in [0.15, 0.2) is 0 Å². The summed E-state index contributed by atoms with van der Waals surface area (Å²) in [6, 6.07) is 6.86. The molecule has 1 aromatic carbocycles. The molecule has 1 aliphatic heterocycles. The molecular weight excluding hydrogens is 304 g/mol. The van der Waals surface area contributed by atoms with Crippen molar-refractivity contribution in [1.29, 1.82) is 0 Å².